The summed E-state index contributed by atoms with van der Waals surface area (Å²) in [6, 6.07) is 7.87. The molecule has 0 saturated carbocycles. The third-order valence-electron chi connectivity index (χ3n) is 2.09. The zero-order valence-corrected chi connectivity index (χ0v) is 10.3. The molecule has 0 fully saturated rings. The summed E-state index contributed by atoms with van der Waals surface area (Å²) >= 11 is 1.64. The van der Waals surface area contributed by atoms with Crippen LogP contribution in [-0.2, 0) is 4.74 Å². The van der Waals surface area contributed by atoms with E-state index in [2.05, 4.69) is 0 Å². The Hall–Kier alpha value is -0.510. The van der Waals surface area contributed by atoms with Crippen molar-refractivity contribution in [2.75, 3.05) is 12.9 Å². The van der Waals surface area contributed by atoms with E-state index < -0.39 is 6.10 Å². The molecule has 1 unspecified atom stereocenters. The number of aliphatic hydroxyl groups is 1. The zero-order valence-electron chi connectivity index (χ0n) is 9.43. The van der Waals surface area contributed by atoms with Crippen LogP contribution in [0.5, 0.6) is 0 Å². The Kier molecular flexibility index (Phi) is 5.15. The molecule has 0 bridgehead atoms. The van der Waals surface area contributed by atoms with Gasteiger partial charge in [-0.15, -0.1) is 11.8 Å². The fourth-order valence-electron chi connectivity index (χ4n) is 1.32. The van der Waals surface area contributed by atoms with Crippen molar-refractivity contribution in [3.05, 3.63) is 29.8 Å². The number of rotatable bonds is 5. The maximum absolute atomic E-state index is 9.94. The fraction of sp³-hybridized carbons (Fsp3) is 0.500. The highest BCUT2D eigenvalue weighted by Crippen LogP contribution is 2.25. The normalized spacial score (nSPS) is 13.1. The molecule has 1 N–H and O–H groups in total. The van der Waals surface area contributed by atoms with E-state index in [0.717, 1.165) is 10.5 Å². The Labute approximate surface area is 95.7 Å². The maximum atomic E-state index is 9.94. The molecule has 0 amide bonds. The largest absolute Gasteiger partial charge is 0.386 e. The lowest BCUT2D eigenvalue weighted by Gasteiger charge is -2.16. The Morgan fingerprint density at radius 3 is 2.60 bits per heavy atom. The van der Waals surface area contributed by atoms with E-state index in [4.69, 9.17) is 4.74 Å². The minimum absolute atomic E-state index is 0.154. The summed E-state index contributed by atoms with van der Waals surface area (Å²) < 4.78 is 5.40. The van der Waals surface area contributed by atoms with Crippen LogP contribution in [0.2, 0.25) is 0 Å². The molecular formula is C12H18O2S. The summed E-state index contributed by atoms with van der Waals surface area (Å²) in [7, 11) is 0. The van der Waals surface area contributed by atoms with Gasteiger partial charge in [-0.05, 0) is 31.7 Å². The van der Waals surface area contributed by atoms with Gasteiger partial charge in [0.2, 0.25) is 0 Å². The Balaban J connectivity index is 2.68. The molecule has 0 spiro atoms. The van der Waals surface area contributed by atoms with Crippen LogP contribution >= 0.6 is 11.8 Å². The summed E-state index contributed by atoms with van der Waals surface area (Å²) in [6.07, 6.45) is 1.63. The minimum Gasteiger partial charge on any atom is -0.386 e. The van der Waals surface area contributed by atoms with E-state index in [-0.39, 0.29) is 6.10 Å². The van der Waals surface area contributed by atoms with Crippen molar-refractivity contribution in [2.24, 2.45) is 0 Å². The smallest absolute Gasteiger partial charge is 0.103 e. The molecule has 0 aromatic heterocycles. The number of aliphatic hydroxyl groups excluding tert-OH is 1. The summed E-state index contributed by atoms with van der Waals surface area (Å²) in [6.45, 7) is 4.29. The number of ether oxygens (including phenoxy) is 1. The lowest BCUT2D eigenvalue weighted by Crippen LogP contribution is -2.12. The summed E-state index contributed by atoms with van der Waals surface area (Å²) in [4.78, 5) is 1.11. The van der Waals surface area contributed by atoms with Crippen LogP contribution in [0.15, 0.2) is 29.2 Å². The Morgan fingerprint density at radius 1 is 1.33 bits per heavy atom. The van der Waals surface area contributed by atoms with Crippen LogP contribution in [0.25, 0.3) is 0 Å². The molecule has 1 atom stereocenters. The SMILES string of the molecule is CSc1ccccc1C(O)COC(C)C. The molecule has 1 rings (SSSR count). The van der Waals surface area contributed by atoms with E-state index in [1.54, 1.807) is 11.8 Å². The van der Waals surface area contributed by atoms with Gasteiger partial charge >= 0.3 is 0 Å². The van der Waals surface area contributed by atoms with Gasteiger partial charge in [0.05, 0.1) is 12.7 Å². The molecule has 0 aliphatic rings. The number of benzene rings is 1. The van der Waals surface area contributed by atoms with Gasteiger partial charge in [-0.25, -0.2) is 0 Å². The first kappa shape index (κ1) is 12.6. The molecule has 15 heavy (non-hydrogen) atoms. The highest BCUT2D eigenvalue weighted by molar-refractivity contribution is 7.98. The average molecular weight is 226 g/mol. The van der Waals surface area contributed by atoms with Gasteiger partial charge in [0.1, 0.15) is 6.10 Å². The van der Waals surface area contributed by atoms with Crippen molar-refractivity contribution >= 4 is 11.8 Å². The van der Waals surface area contributed by atoms with Gasteiger partial charge in [0.15, 0.2) is 0 Å². The van der Waals surface area contributed by atoms with Crippen LogP contribution in [0, 0.1) is 0 Å². The van der Waals surface area contributed by atoms with E-state index >= 15 is 0 Å². The molecule has 0 aliphatic heterocycles. The van der Waals surface area contributed by atoms with E-state index in [0.29, 0.717) is 6.61 Å². The molecule has 1 aromatic carbocycles. The average Bonchev–Trinajstić information content (AvgIpc) is 2.25. The van der Waals surface area contributed by atoms with Crippen molar-refractivity contribution in [3.63, 3.8) is 0 Å². The predicted molar refractivity (Wildman–Crippen MR) is 64.3 cm³/mol. The first-order valence-electron chi connectivity index (χ1n) is 5.07. The van der Waals surface area contributed by atoms with Crippen LogP contribution in [0.4, 0.5) is 0 Å². The van der Waals surface area contributed by atoms with Crippen molar-refractivity contribution in [3.8, 4) is 0 Å². The molecule has 84 valence electrons. The first-order valence-corrected chi connectivity index (χ1v) is 6.30. The maximum Gasteiger partial charge on any atom is 0.103 e. The Bertz CT molecular complexity index is 299. The molecule has 0 saturated heterocycles. The lowest BCUT2D eigenvalue weighted by atomic mass is 10.1. The second kappa shape index (κ2) is 6.16. The zero-order chi connectivity index (χ0) is 11.3. The van der Waals surface area contributed by atoms with Gasteiger partial charge in [-0.1, -0.05) is 18.2 Å². The molecular weight excluding hydrogens is 208 g/mol. The molecule has 3 heteroatoms. The van der Waals surface area contributed by atoms with Crippen molar-refractivity contribution in [1.29, 1.82) is 0 Å². The number of hydrogen-bond acceptors (Lipinski definition) is 3. The third kappa shape index (κ3) is 3.86. The van der Waals surface area contributed by atoms with Crippen LogP contribution in [-0.4, -0.2) is 24.1 Å². The topological polar surface area (TPSA) is 29.5 Å². The van der Waals surface area contributed by atoms with E-state index in [9.17, 15) is 5.11 Å². The van der Waals surface area contributed by atoms with Crippen molar-refractivity contribution in [1.82, 2.24) is 0 Å². The molecule has 1 aromatic rings. The second-order valence-electron chi connectivity index (χ2n) is 3.64. The number of hydrogen-bond donors (Lipinski definition) is 1. The summed E-state index contributed by atoms with van der Waals surface area (Å²) in [5, 5.41) is 9.94. The van der Waals surface area contributed by atoms with Crippen LogP contribution in [0.3, 0.4) is 0 Å². The van der Waals surface area contributed by atoms with Crippen LogP contribution in [0.1, 0.15) is 25.5 Å². The molecule has 0 heterocycles. The van der Waals surface area contributed by atoms with Crippen molar-refractivity contribution in [2.45, 2.75) is 31.0 Å². The minimum atomic E-state index is -0.531. The van der Waals surface area contributed by atoms with E-state index in [1.807, 2.05) is 44.4 Å². The quantitative estimate of drug-likeness (QED) is 0.783. The van der Waals surface area contributed by atoms with Gasteiger partial charge in [0.25, 0.3) is 0 Å². The highest BCUT2D eigenvalue weighted by atomic mass is 32.2. The van der Waals surface area contributed by atoms with Gasteiger partial charge in [0, 0.05) is 4.90 Å². The van der Waals surface area contributed by atoms with Gasteiger partial charge < -0.3 is 9.84 Å². The predicted octanol–water partition coefficient (Wildman–Crippen LogP) is 2.87. The fourth-order valence-corrected chi connectivity index (χ4v) is 1.97. The van der Waals surface area contributed by atoms with Gasteiger partial charge in [-0.2, -0.15) is 0 Å². The number of thioether (sulfide) groups is 1. The summed E-state index contributed by atoms with van der Waals surface area (Å²) in [5.74, 6) is 0. The molecule has 2 nitrogen and oxygen atoms in total. The monoisotopic (exact) mass is 226 g/mol. The standard InChI is InChI=1S/C12H18O2S/c1-9(2)14-8-11(13)10-6-4-5-7-12(10)15-3/h4-7,9,11,13H,8H2,1-3H3. The first-order chi connectivity index (χ1) is 7.15. The molecule has 0 radical (unpaired) electrons. The second-order valence-corrected chi connectivity index (χ2v) is 4.49. The third-order valence-corrected chi connectivity index (χ3v) is 2.90. The van der Waals surface area contributed by atoms with Crippen molar-refractivity contribution < 1.29 is 9.84 Å². The van der Waals surface area contributed by atoms with E-state index in [1.165, 1.54) is 0 Å². The Morgan fingerprint density at radius 2 is 2.00 bits per heavy atom. The van der Waals surface area contributed by atoms with Crippen LogP contribution < -0.4 is 0 Å². The van der Waals surface area contributed by atoms with Gasteiger partial charge in [-0.3, -0.25) is 0 Å². The molecule has 0 aliphatic carbocycles. The highest BCUT2D eigenvalue weighted by Gasteiger charge is 2.12. The summed E-state index contributed by atoms with van der Waals surface area (Å²) in [5.41, 5.74) is 0.950. The lowest BCUT2D eigenvalue weighted by molar-refractivity contribution is 0.00394.